The van der Waals surface area contributed by atoms with Crippen LogP contribution in [0.15, 0.2) is 48.0 Å². The van der Waals surface area contributed by atoms with Crippen molar-refractivity contribution in [2.24, 2.45) is 0 Å². The van der Waals surface area contributed by atoms with Crippen molar-refractivity contribution in [3.8, 4) is 23.3 Å². The number of amides is 1. The van der Waals surface area contributed by atoms with Crippen molar-refractivity contribution in [1.29, 1.82) is 5.26 Å². The van der Waals surface area contributed by atoms with Crippen molar-refractivity contribution in [2.45, 2.75) is 13.0 Å². The topological polar surface area (TPSA) is 80.6 Å². The lowest BCUT2D eigenvalue weighted by molar-refractivity contribution is -0.117. The SMILES string of the molecule is COc1cc(/C=C(\C#N)C(=O)N[C@@H](C)c2ccccc2)cc2c1OCO2. The van der Waals surface area contributed by atoms with Gasteiger partial charge in [-0.3, -0.25) is 4.79 Å². The van der Waals surface area contributed by atoms with Crippen LogP contribution in [0.25, 0.3) is 6.08 Å². The summed E-state index contributed by atoms with van der Waals surface area (Å²) in [6.07, 6.45) is 1.50. The predicted molar refractivity (Wildman–Crippen MR) is 95.7 cm³/mol. The van der Waals surface area contributed by atoms with Gasteiger partial charge in [0, 0.05) is 0 Å². The molecule has 1 atom stereocenters. The molecule has 2 aromatic rings. The molecule has 1 heterocycles. The fourth-order valence-electron chi connectivity index (χ4n) is 2.65. The van der Waals surface area contributed by atoms with Crippen LogP contribution in [0, 0.1) is 11.3 Å². The zero-order chi connectivity index (χ0) is 18.5. The van der Waals surface area contributed by atoms with Crippen molar-refractivity contribution in [1.82, 2.24) is 5.32 Å². The van der Waals surface area contributed by atoms with Gasteiger partial charge in [-0.05, 0) is 36.3 Å². The lowest BCUT2D eigenvalue weighted by Gasteiger charge is -2.14. The van der Waals surface area contributed by atoms with E-state index < -0.39 is 5.91 Å². The third-order valence-corrected chi connectivity index (χ3v) is 4.00. The van der Waals surface area contributed by atoms with E-state index in [9.17, 15) is 10.1 Å². The highest BCUT2D eigenvalue weighted by atomic mass is 16.7. The van der Waals surface area contributed by atoms with Crippen LogP contribution in [-0.2, 0) is 4.79 Å². The average Bonchev–Trinajstić information content (AvgIpc) is 3.14. The highest BCUT2D eigenvalue weighted by Crippen LogP contribution is 2.42. The van der Waals surface area contributed by atoms with Gasteiger partial charge in [0.15, 0.2) is 11.5 Å². The predicted octanol–water partition coefficient (Wildman–Crippen LogP) is 3.21. The van der Waals surface area contributed by atoms with Gasteiger partial charge in [-0.25, -0.2) is 0 Å². The number of methoxy groups -OCH3 is 1. The Balaban J connectivity index is 1.82. The molecule has 132 valence electrons. The van der Waals surface area contributed by atoms with Crippen LogP contribution in [-0.4, -0.2) is 19.8 Å². The second kappa shape index (κ2) is 7.62. The van der Waals surface area contributed by atoms with Gasteiger partial charge >= 0.3 is 0 Å². The number of ether oxygens (including phenoxy) is 3. The summed E-state index contributed by atoms with van der Waals surface area (Å²) >= 11 is 0. The Hall–Kier alpha value is -3.46. The second-order valence-electron chi connectivity index (χ2n) is 5.73. The fraction of sp³-hybridized carbons (Fsp3) is 0.200. The highest BCUT2D eigenvalue weighted by Gasteiger charge is 2.20. The number of carbonyl (C=O) groups is 1. The molecule has 0 fully saturated rings. The van der Waals surface area contributed by atoms with E-state index >= 15 is 0 Å². The zero-order valence-corrected chi connectivity index (χ0v) is 14.5. The molecule has 0 aliphatic carbocycles. The molecule has 6 heteroatoms. The molecule has 0 radical (unpaired) electrons. The second-order valence-corrected chi connectivity index (χ2v) is 5.73. The molecule has 0 saturated heterocycles. The van der Waals surface area contributed by atoms with E-state index in [-0.39, 0.29) is 18.4 Å². The minimum Gasteiger partial charge on any atom is -0.493 e. The van der Waals surface area contributed by atoms with Crippen LogP contribution in [0.4, 0.5) is 0 Å². The summed E-state index contributed by atoms with van der Waals surface area (Å²) in [5, 5.41) is 12.2. The van der Waals surface area contributed by atoms with E-state index in [2.05, 4.69) is 5.32 Å². The molecule has 3 rings (SSSR count). The summed E-state index contributed by atoms with van der Waals surface area (Å²) < 4.78 is 16.0. The molecular formula is C20H18N2O4. The Morgan fingerprint density at radius 2 is 2.08 bits per heavy atom. The smallest absolute Gasteiger partial charge is 0.262 e. The molecule has 1 aliphatic rings. The van der Waals surface area contributed by atoms with Gasteiger partial charge in [0.25, 0.3) is 5.91 Å². The van der Waals surface area contributed by atoms with Crippen LogP contribution < -0.4 is 19.5 Å². The Labute approximate surface area is 151 Å². The highest BCUT2D eigenvalue weighted by molar-refractivity contribution is 6.02. The van der Waals surface area contributed by atoms with Crippen LogP contribution >= 0.6 is 0 Å². The fourth-order valence-corrected chi connectivity index (χ4v) is 2.65. The molecule has 0 unspecified atom stereocenters. The van der Waals surface area contributed by atoms with Gasteiger partial charge in [-0.2, -0.15) is 5.26 Å². The van der Waals surface area contributed by atoms with Crippen LogP contribution in [0.2, 0.25) is 0 Å². The summed E-state index contributed by atoms with van der Waals surface area (Å²) in [6, 6.07) is 14.7. The number of hydrogen-bond donors (Lipinski definition) is 1. The van der Waals surface area contributed by atoms with Crippen molar-refractivity contribution >= 4 is 12.0 Å². The van der Waals surface area contributed by atoms with Crippen LogP contribution in [0.1, 0.15) is 24.1 Å². The number of nitriles is 1. The summed E-state index contributed by atoms with van der Waals surface area (Å²) in [5.74, 6) is 1.08. The van der Waals surface area contributed by atoms with E-state index in [1.165, 1.54) is 13.2 Å². The molecule has 26 heavy (non-hydrogen) atoms. The van der Waals surface area contributed by atoms with Gasteiger partial charge in [0.2, 0.25) is 12.5 Å². The van der Waals surface area contributed by atoms with Crippen molar-refractivity contribution in [3.05, 3.63) is 59.2 Å². The number of nitrogens with zero attached hydrogens (tertiary/aromatic N) is 1. The third-order valence-electron chi connectivity index (χ3n) is 4.00. The van der Waals surface area contributed by atoms with Gasteiger partial charge in [0.05, 0.1) is 13.2 Å². The Morgan fingerprint density at radius 1 is 1.31 bits per heavy atom. The molecule has 0 spiro atoms. The van der Waals surface area contributed by atoms with Gasteiger partial charge in [-0.15, -0.1) is 0 Å². The summed E-state index contributed by atoms with van der Waals surface area (Å²) in [4.78, 5) is 12.5. The van der Waals surface area contributed by atoms with Crippen molar-refractivity contribution < 1.29 is 19.0 Å². The Bertz CT molecular complexity index is 885. The Morgan fingerprint density at radius 3 is 2.77 bits per heavy atom. The number of nitrogens with one attached hydrogen (secondary N) is 1. The quantitative estimate of drug-likeness (QED) is 0.661. The maximum atomic E-state index is 12.5. The van der Waals surface area contributed by atoms with E-state index in [1.807, 2.05) is 43.3 Å². The average molecular weight is 350 g/mol. The molecule has 2 aromatic carbocycles. The standard InChI is InChI=1S/C20H18N2O4/c1-13(15-6-4-3-5-7-15)22-20(23)16(11-21)8-14-9-17(24-2)19-18(10-14)25-12-26-19/h3-10,13H,12H2,1-2H3,(H,22,23)/b16-8+/t13-/m0/s1. The van der Waals surface area contributed by atoms with Gasteiger partial charge in [-0.1, -0.05) is 30.3 Å². The van der Waals surface area contributed by atoms with Gasteiger partial charge < -0.3 is 19.5 Å². The summed E-state index contributed by atoms with van der Waals surface area (Å²) in [5.41, 5.74) is 1.57. The Kier molecular flexibility index (Phi) is 5.09. The zero-order valence-electron chi connectivity index (χ0n) is 14.5. The van der Waals surface area contributed by atoms with Crippen LogP contribution in [0.3, 0.4) is 0 Å². The first-order chi connectivity index (χ1) is 12.6. The molecule has 0 aromatic heterocycles. The maximum Gasteiger partial charge on any atom is 0.262 e. The molecule has 1 N–H and O–H groups in total. The summed E-state index contributed by atoms with van der Waals surface area (Å²) in [6.45, 7) is 1.98. The third kappa shape index (κ3) is 3.62. The summed E-state index contributed by atoms with van der Waals surface area (Å²) in [7, 11) is 1.52. The largest absolute Gasteiger partial charge is 0.493 e. The normalized spacial score (nSPS) is 13.7. The van der Waals surface area contributed by atoms with Crippen molar-refractivity contribution in [2.75, 3.05) is 13.9 Å². The van der Waals surface area contributed by atoms with E-state index in [0.29, 0.717) is 22.8 Å². The molecule has 6 nitrogen and oxygen atoms in total. The number of fused-ring (bicyclic) bond motifs is 1. The molecule has 0 bridgehead atoms. The first kappa shape index (κ1) is 17.4. The molecule has 1 aliphatic heterocycles. The van der Waals surface area contributed by atoms with Crippen LogP contribution in [0.5, 0.6) is 17.2 Å². The maximum absolute atomic E-state index is 12.5. The minimum absolute atomic E-state index is 0.00583. The number of carbonyl (C=O) groups excluding carboxylic acids is 1. The monoisotopic (exact) mass is 350 g/mol. The first-order valence-corrected chi connectivity index (χ1v) is 8.07. The van der Waals surface area contributed by atoms with Gasteiger partial charge in [0.1, 0.15) is 11.6 Å². The van der Waals surface area contributed by atoms with E-state index in [0.717, 1.165) is 5.56 Å². The molecule has 1 amide bonds. The first-order valence-electron chi connectivity index (χ1n) is 8.07. The minimum atomic E-state index is -0.444. The van der Waals surface area contributed by atoms with Crippen molar-refractivity contribution in [3.63, 3.8) is 0 Å². The number of rotatable bonds is 5. The van der Waals surface area contributed by atoms with E-state index in [4.69, 9.17) is 14.2 Å². The number of benzene rings is 2. The number of hydrogen-bond acceptors (Lipinski definition) is 5. The lowest BCUT2D eigenvalue weighted by Crippen LogP contribution is -2.27. The lowest BCUT2D eigenvalue weighted by atomic mass is 10.1. The molecule has 0 saturated carbocycles. The molecular weight excluding hydrogens is 332 g/mol. The van der Waals surface area contributed by atoms with E-state index in [1.54, 1.807) is 12.1 Å².